The summed E-state index contributed by atoms with van der Waals surface area (Å²) in [5.74, 6) is 11.1. The highest BCUT2D eigenvalue weighted by Gasteiger charge is 2.48. The first-order valence-corrected chi connectivity index (χ1v) is 19.3. The highest BCUT2D eigenvalue weighted by molar-refractivity contribution is 6.09. The fourth-order valence-electron chi connectivity index (χ4n) is 8.74. The molecule has 6 aliphatic rings. The Kier molecular flexibility index (Phi) is 9.91. The van der Waals surface area contributed by atoms with E-state index in [2.05, 4.69) is 47.2 Å². The fourth-order valence-corrected chi connectivity index (χ4v) is 8.74. The van der Waals surface area contributed by atoms with E-state index in [4.69, 9.17) is 20.2 Å². The number of aliphatic hydroxyl groups is 2. The van der Waals surface area contributed by atoms with Crippen LogP contribution < -0.4 is 20.5 Å². The van der Waals surface area contributed by atoms with Gasteiger partial charge >= 0.3 is 0 Å². The molecule has 0 radical (unpaired) electrons. The molecule has 274 valence electrons. The zero-order chi connectivity index (χ0) is 36.5. The van der Waals surface area contributed by atoms with Gasteiger partial charge in [-0.15, -0.1) is 0 Å². The predicted octanol–water partition coefficient (Wildman–Crippen LogP) is 6.12. The van der Waals surface area contributed by atoms with Crippen LogP contribution in [0.1, 0.15) is 111 Å². The Hall–Kier alpha value is -4.80. The number of aliphatic hydroxyl groups excluding tert-OH is 2. The fraction of sp³-hybridized carbons (Fsp3) is 0.455. The molecule has 1 saturated carbocycles. The summed E-state index contributed by atoms with van der Waals surface area (Å²) >= 11 is 0. The van der Waals surface area contributed by atoms with Gasteiger partial charge in [-0.3, -0.25) is 9.79 Å². The molecule has 5 N–H and O–H groups in total. The highest BCUT2D eigenvalue weighted by Crippen LogP contribution is 2.49. The van der Waals surface area contributed by atoms with Gasteiger partial charge in [0.25, 0.3) is 0 Å². The van der Waals surface area contributed by atoms with Gasteiger partial charge in [-0.1, -0.05) is 75.0 Å². The van der Waals surface area contributed by atoms with Crippen LogP contribution in [0.25, 0.3) is 6.08 Å². The van der Waals surface area contributed by atoms with Gasteiger partial charge in [0.15, 0.2) is 17.7 Å². The number of nitrogens with zero attached hydrogens (tertiary/aromatic N) is 2. The molecule has 0 aromatic heterocycles. The van der Waals surface area contributed by atoms with Crippen molar-refractivity contribution in [3.05, 3.63) is 87.9 Å². The number of ether oxygens (including phenoxy) is 2. The molecule has 2 bridgehead atoms. The molecule has 8 rings (SSSR count). The largest absolute Gasteiger partial charge is 0.465 e. The second-order valence-electron chi connectivity index (χ2n) is 15.3. The number of allylic oxidation sites excluding steroid dienone is 1. The zero-order valence-electron chi connectivity index (χ0n) is 30.4. The topological polar surface area (TPSA) is 130 Å². The van der Waals surface area contributed by atoms with Crippen molar-refractivity contribution in [3.8, 4) is 35.4 Å². The molecule has 1 fully saturated rings. The molecule has 53 heavy (non-hydrogen) atoms. The number of fused-ring (bicyclic) bond motifs is 8. The van der Waals surface area contributed by atoms with E-state index in [0.29, 0.717) is 43.7 Å². The Labute approximate surface area is 312 Å². The van der Waals surface area contributed by atoms with E-state index in [0.717, 1.165) is 89.6 Å². The molecule has 9 heteroatoms. The van der Waals surface area contributed by atoms with Crippen LogP contribution in [0.15, 0.2) is 65.1 Å². The number of nitrogens with one attached hydrogen (secondary N) is 1. The summed E-state index contributed by atoms with van der Waals surface area (Å²) in [5, 5.41) is 25.4. The van der Waals surface area contributed by atoms with Crippen LogP contribution in [0, 0.1) is 35.2 Å². The lowest BCUT2D eigenvalue weighted by Gasteiger charge is -2.39. The molecule has 1 aliphatic carbocycles. The molecule has 5 aliphatic heterocycles. The van der Waals surface area contributed by atoms with Gasteiger partial charge in [0.05, 0.1) is 29.7 Å². The number of carbonyl (C=O) groups excluding carboxylic acids is 1. The van der Waals surface area contributed by atoms with Crippen molar-refractivity contribution in [1.29, 1.82) is 0 Å². The number of carbonyl (C=O) groups is 1. The SMILES string of the molecule is CCCCC[C@@H](O)CC(=O)CCc1ccc2c(c1)O[C@H]1[C@@H](C#C[C@@H](O)c3ccc4c(c3CC3=CN=C5CN1C=C35)C=CN[C@@H]4N)C1(C#CO2)CCCC1. The first-order valence-electron chi connectivity index (χ1n) is 19.3. The van der Waals surface area contributed by atoms with E-state index in [9.17, 15) is 15.0 Å². The lowest BCUT2D eigenvalue weighted by molar-refractivity contribution is -0.121. The minimum atomic E-state index is -1.05. The third-order valence-corrected chi connectivity index (χ3v) is 11.7. The van der Waals surface area contributed by atoms with Crippen molar-refractivity contribution in [2.45, 2.75) is 109 Å². The molecular formula is C44H48N4O5. The number of Topliss-reactive ketones (excluding diaryl/α,β-unsaturated/α-hetero) is 1. The molecule has 5 heterocycles. The Morgan fingerprint density at radius 1 is 1.15 bits per heavy atom. The van der Waals surface area contributed by atoms with Gasteiger partial charge < -0.3 is 35.6 Å². The van der Waals surface area contributed by atoms with Crippen molar-refractivity contribution < 1.29 is 24.5 Å². The first kappa shape index (κ1) is 35.2. The van der Waals surface area contributed by atoms with Crippen molar-refractivity contribution in [1.82, 2.24) is 10.2 Å². The quantitative estimate of drug-likeness (QED) is 0.181. The van der Waals surface area contributed by atoms with E-state index in [-0.39, 0.29) is 18.4 Å². The van der Waals surface area contributed by atoms with Crippen molar-refractivity contribution in [3.63, 3.8) is 0 Å². The number of ketones is 1. The Morgan fingerprint density at radius 2 is 2.00 bits per heavy atom. The minimum Gasteiger partial charge on any atom is -0.465 e. The maximum atomic E-state index is 12.8. The summed E-state index contributed by atoms with van der Waals surface area (Å²) in [4.78, 5) is 19.9. The number of benzene rings is 2. The third-order valence-electron chi connectivity index (χ3n) is 11.7. The van der Waals surface area contributed by atoms with Gasteiger partial charge in [-0.05, 0) is 83.5 Å². The van der Waals surface area contributed by atoms with Gasteiger partial charge in [0.1, 0.15) is 24.2 Å². The highest BCUT2D eigenvalue weighted by atomic mass is 16.5. The normalized spacial score (nSPS) is 24.8. The number of hydrogen-bond donors (Lipinski definition) is 4. The summed E-state index contributed by atoms with van der Waals surface area (Å²) < 4.78 is 13.2. The minimum absolute atomic E-state index is 0.0504. The Bertz CT molecular complexity index is 2030. The average Bonchev–Trinajstić information content (AvgIpc) is 3.89. The molecular weight excluding hydrogens is 665 g/mol. The van der Waals surface area contributed by atoms with Crippen LogP contribution >= 0.6 is 0 Å². The van der Waals surface area contributed by atoms with Crippen molar-refractivity contribution >= 4 is 17.6 Å². The van der Waals surface area contributed by atoms with E-state index in [1.54, 1.807) is 0 Å². The van der Waals surface area contributed by atoms with E-state index >= 15 is 0 Å². The lowest BCUT2D eigenvalue weighted by Crippen LogP contribution is -2.47. The van der Waals surface area contributed by atoms with Crippen LogP contribution in [-0.2, 0) is 17.6 Å². The second-order valence-corrected chi connectivity index (χ2v) is 15.3. The van der Waals surface area contributed by atoms with E-state index in [1.165, 1.54) is 0 Å². The number of aryl methyl sites for hydroxylation is 1. The molecule has 2 aromatic carbocycles. The first-order chi connectivity index (χ1) is 25.8. The zero-order valence-corrected chi connectivity index (χ0v) is 30.4. The smallest absolute Gasteiger partial charge is 0.187 e. The van der Waals surface area contributed by atoms with Gasteiger partial charge in [-0.25, -0.2) is 0 Å². The van der Waals surface area contributed by atoms with Crippen LogP contribution in [-0.4, -0.2) is 45.5 Å². The molecule has 9 nitrogen and oxygen atoms in total. The van der Waals surface area contributed by atoms with Gasteiger partial charge in [0.2, 0.25) is 0 Å². The summed E-state index contributed by atoms with van der Waals surface area (Å²) in [5.41, 5.74) is 13.7. The molecule has 0 saturated heterocycles. The standard InChI is InChI=1S/C44H48N4O5/c1-2-3-4-7-30(49)24-31(50)10-8-28-9-15-40-41(22-28)53-43-37(44(19-21-52-40)17-5-6-18-44)13-14-39(51)33-11-12-34-32(16-20-46-42(34)45)35(33)23-29-25-47-38-27-48(43)26-36(29)38/h9,11-12,15-16,20,22,25-26,30,37,39,42-43,46,49,51H,2-8,10,17-18,23-24,27,45H2,1H3/t30-,37-,39-,42+,43+/m1/s1. The monoisotopic (exact) mass is 712 g/mol. The molecule has 0 unspecified atom stereocenters. The van der Waals surface area contributed by atoms with Crippen molar-refractivity contribution in [2.75, 3.05) is 6.54 Å². The summed E-state index contributed by atoms with van der Waals surface area (Å²) in [6, 6.07) is 9.71. The van der Waals surface area contributed by atoms with Crippen LogP contribution in [0.2, 0.25) is 0 Å². The number of aliphatic imine (C=N–C) groups is 1. The lowest BCUT2D eigenvalue weighted by atomic mass is 9.73. The Balaban J connectivity index is 1.15. The number of rotatable bonds is 9. The molecule has 2 aromatic rings. The van der Waals surface area contributed by atoms with Crippen LogP contribution in [0.5, 0.6) is 11.5 Å². The van der Waals surface area contributed by atoms with Gasteiger partial charge in [-0.2, -0.15) is 0 Å². The predicted molar refractivity (Wildman–Crippen MR) is 204 cm³/mol. The molecule has 1 spiro atoms. The summed E-state index contributed by atoms with van der Waals surface area (Å²) in [6.45, 7) is 2.67. The van der Waals surface area contributed by atoms with Crippen LogP contribution in [0.4, 0.5) is 0 Å². The number of unbranched alkanes of at least 4 members (excludes halogenated alkanes) is 2. The third kappa shape index (κ3) is 7.02. The summed E-state index contributed by atoms with van der Waals surface area (Å²) in [7, 11) is 0. The maximum absolute atomic E-state index is 12.8. The van der Waals surface area contributed by atoms with E-state index in [1.807, 2.05) is 48.8 Å². The molecule has 5 atom stereocenters. The van der Waals surface area contributed by atoms with Gasteiger partial charge in [0, 0.05) is 37.2 Å². The number of nitrogens with two attached hydrogens (primary N) is 1. The van der Waals surface area contributed by atoms with Crippen molar-refractivity contribution in [2.24, 2.45) is 22.1 Å². The number of hydrogen-bond acceptors (Lipinski definition) is 9. The van der Waals surface area contributed by atoms with E-state index < -0.39 is 29.8 Å². The second kappa shape index (κ2) is 14.9. The maximum Gasteiger partial charge on any atom is 0.187 e. The van der Waals surface area contributed by atoms with Crippen LogP contribution in [0.3, 0.4) is 0 Å². The summed E-state index contributed by atoms with van der Waals surface area (Å²) in [6.07, 6.45) is 17.5. The molecule has 0 amide bonds. The average molecular weight is 713 g/mol. The Morgan fingerprint density at radius 3 is 2.85 bits per heavy atom.